The molecule has 0 atom stereocenters. The third kappa shape index (κ3) is 131. The van der Waals surface area contributed by atoms with Gasteiger partial charge in [0.2, 0.25) is 0 Å². The first-order chi connectivity index (χ1) is 27.0. The zero-order valence-corrected chi connectivity index (χ0v) is 43.4. The third-order valence-electron chi connectivity index (χ3n) is 9.07. The monoisotopic (exact) mass is 801 g/mol. The maximum atomic E-state index is 11.0. The zero-order chi connectivity index (χ0) is 44.8. The molecule has 0 aliphatic heterocycles. The summed E-state index contributed by atoms with van der Waals surface area (Å²) in [5.74, 6) is 0.692. The Labute approximate surface area is 361 Å². The predicted octanol–water partition coefficient (Wildman–Crippen LogP) is 21.2. The van der Waals surface area contributed by atoms with Gasteiger partial charge in [-0.1, -0.05) is 303 Å². The number of carbonyl (C=O) groups excluding carboxylic acids is 2. The summed E-state index contributed by atoms with van der Waals surface area (Å²) in [4.78, 5) is 21.9. The first-order valence-corrected chi connectivity index (χ1v) is 25.9. The predicted molar refractivity (Wildman–Crippen MR) is 267 cm³/mol. The number of hydrogen-bond donors (Lipinski definition) is 0. The fourth-order valence-electron chi connectivity index (χ4n) is 5.27. The molecule has 0 saturated heterocycles. The highest BCUT2D eigenvalue weighted by Gasteiger charge is 2.13. The SMILES string of the molecule is CCCCCC.CCCCCC.CCCCCC.CCCCCC.CCCCCC.CCCCCC.CCCCCC.CCCCCC(CC(C)=O)CC(C)=O. The van der Waals surface area contributed by atoms with Crippen LogP contribution in [0.3, 0.4) is 0 Å². The summed E-state index contributed by atoms with van der Waals surface area (Å²) >= 11 is 0. The Bertz CT molecular complexity index is 432. The molecular weight excluding hydrogens is 681 g/mol. The van der Waals surface area contributed by atoms with Crippen LogP contribution in [0.1, 0.15) is 336 Å². The van der Waals surface area contributed by atoms with Crippen LogP contribution in [0.2, 0.25) is 0 Å². The molecule has 0 aliphatic rings. The molecule has 0 aromatic carbocycles. The Balaban J connectivity index is -0.0000000808. The molecular formula is C54H120O2. The summed E-state index contributed by atoms with van der Waals surface area (Å²) < 4.78 is 0. The van der Waals surface area contributed by atoms with E-state index in [4.69, 9.17) is 0 Å². The van der Waals surface area contributed by atoms with Crippen molar-refractivity contribution in [2.24, 2.45) is 5.92 Å². The van der Waals surface area contributed by atoms with Crippen molar-refractivity contribution in [1.29, 1.82) is 0 Å². The zero-order valence-electron chi connectivity index (χ0n) is 43.4. The molecule has 0 aromatic heterocycles. The highest BCUT2D eigenvalue weighted by Crippen LogP contribution is 2.18. The van der Waals surface area contributed by atoms with E-state index < -0.39 is 0 Å². The Morgan fingerprint density at radius 3 is 0.482 bits per heavy atom. The van der Waals surface area contributed by atoms with Crippen LogP contribution in [0.5, 0.6) is 0 Å². The number of hydrogen-bond acceptors (Lipinski definition) is 2. The van der Waals surface area contributed by atoms with Crippen LogP contribution in [0.4, 0.5) is 0 Å². The standard InChI is InChI=1S/C12H22O2.7C6H14/c1-4-5-6-7-12(8-10(2)13)9-11(3)14;7*1-3-5-6-4-2/h12H,4-9H2,1-3H3;7*3-6H2,1-2H3. The highest BCUT2D eigenvalue weighted by atomic mass is 16.1. The van der Waals surface area contributed by atoms with E-state index in [1.54, 1.807) is 13.8 Å². The van der Waals surface area contributed by atoms with Crippen LogP contribution in [0, 0.1) is 5.92 Å². The quantitative estimate of drug-likeness (QED) is 0.0706. The van der Waals surface area contributed by atoms with Gasteiger partial charge >= 0.3 is 0 Å². The van der Waals surface area contributed by atoms with Crippen molar-refractivity contribution in [1.82, 2.24) is 0 Å². The van der Waals surface area contributed by atoms with Crippen molar-refractivity contribution in [3.63, 3.8) is 0 Å². The maximum absolute atomic E-state index is 11.0. The van der Waals surface area contributed by atoms with Crippen molar-refractivity contribution in [2.45, 2.75) is 336 Å². The summed E-state index contributed by atoms with van der Waals surface area (Å²) in [6.07, 6.45) is 44.4. The lowest BCUT2D eigenvalue weighted by atomic mass is 9.91. The number of rotatable bonds is 29. The van der Waals surface area contributed by atoms with E-state index >= 15 is 0 Å². The number of carbonyl (C=O) groups is 2. The molecule has 0 unspecified atom stereocenters. The summed E-state index contributed by atoms with van der Waals surface area (Å²) in [5, 5.41) is 0. The maximum Gasteiger partial charge on any atom is 0.130 e. The fraction of sp³-hybridized carbons (Fsp3) is 0.963. The minimum absolute atomic E-state index is 0.202. The highest BCUT2D eigenvalue weighted by molar-refractivity contribution is 5.79. The van der Waals surface area contributed by atoms with Crippen molar-refractivity contribution >= 4 is 11.6 Å². The van der Waals surface area contributed by atoms with Crippen LogP contribution in [0.25, 0.3) is 0 Å². The van der Waals surface area contributed by atoms with Gasteiger partial charge in [0.15, 0.2) is 0 Å². The van der Waals surface area contributed by atoms with E-state index in [1.165, 1.54) is 193 Å². The Morgan fingerprint density at radius 2 is 0.375 bits per heavy atom. The van der Waals surface area contributed by atoms with Crippen LogP contribution >= 0.6 is 0 Å². The Kier molecular flexibility index (Phi) is 112. The summed E-state index contributed by atoms with van der Waals surface area (Å²) in [5.41, 5.74) is 0. The molecule has 0 fully saturated rings. The van der Waals surface area contributed by atoms with Gasteiger partial charge in [0.05, 0.1) is 0 Å². The van der Waals surface area contributed by atoms with E-state index in [-0.39, 0.29) is 17.5 Å². The Hall–Kier alpha value is -0.660. The molecule has 2 heteroatoms. The largest absolute Gasteiger partial charge is 0.300 e. The average molecular weight is 802 g/mol. The van der Waals surface area contributed by atoms with Crippen molar-refractivity contribution in [3.05, 3.63) is 0 Å². The number of ketones is 2. The van der Waals surface area contributed by atoms with Gasteiger partial charge in [-0.2, -0.15) is 0 Å². The topological polar surface area (TPSA) is 34.1 Å². The number of unbranched alkanes of at least 4 members (excludes halogenated alkanes) is 23. The lowest BCUT2D eigenvalue weighted by molar-refractivity contribution is -0.119. The molecule has 0 saturated carbocycles. The van der Waals surface area contributed by atoms with Crippen LogP contribution in [0.15, 0.2) is 0 Å². The van der Waals surface area contributed by atoms with E-state index in [1.807, 2.05) is 0 Å². The summed E-state index contributed by atoms with van der Waals surface area (Å²) in [7, 11) is 0. The van der Waals surface area contributed by atoms with Crippen molar-refractivity contribution < 1.29 is 9.59 Å². The summed E-state index contributed by atoms with van der Waals surface area (Å²) in [6.45, 7) is 36.6. The first kappa shape index (κ1) is 72.9. The molecule has 348 valence electrons. The van der Waals surface area contributed by atoms with Gasteiger partial charge in [-0.3, -0.25) is 0 Å². The molecule has 0 radical (unpaired) electrons. The molecule has 56 heavy (non-hydrogen) atoms. The molecule has 0 N–H and O–H groups in total. The second kappa shape index (κ2) is 86.2. The molecule has 0 amide bonds. The van der Waals surface area contributed by atoms with Gasteiger partial charge in [0.25, 0.3) is 0 Å². The lowest BCUT2D eigenvalue weighted by Crippen LogP contribution is -2.10. The third-order valence-corrected chi connectivity index (χ3v) is 9.07. The van der Waals surface area contributed by atoms with Gasteiger partial charge < -0.3 is 9.59 Å². The van der Waals surface area contributed by atoms with Gasteiger partial charge in [-0.15, -0.1) is 0 Å². The van der Waals surface area contributed by atoms with Crippen LogP contribution in [-0.4, -0.2) is 11.6 Å². The van der Waals surface area contributed by atoms with E-state index in [9.17, 15) is 9.59 Å². The molecule has 0 aliphatic carbocycles. The average Bonchev–Trinajstić information content (AvgIpc) is 3.19. The van der Waals surface area contributed by atoms with E-state index in [0.29, 0.717) is 12.8 Å². The smallest absolute Gasteiger partial charge is 0.130 e. The second-order valence-corrected chi connectivity index (χ2v) is 16.1. The second-order valence-electron chi connectivity index (χ2n) is 16.1. The summed E-state index contributed by atoms with van der Waals surface area (Å²) in [6, 6.07) is 0. The fourth-order valence-corrected chi connectivity index (χ4v) is 5.27. The molecule has 0 heterocycles. The molecule has 0 aromatic rings. The van der Waals surface area contributed by atoms with Gasteiger partial charge in [-0.25, -0.2) is 0 Å². The van der Waals surface area contributed by atoms with Crippen LogP contribution in [-0.2, 0) is 9.59 Å². The van der Waals surface area contributed by atoms with Crippen molar-refractivity contribution in [2.75, 3.05) is 0 Å². The molecule has 2 nitrogen and oxygen atoms in total. The van der Waals surface area contributed by atoms with Crippen LogP contribution < -0.4 is 0 Å². The van der Waals surface area contributed by atoms with Gasteiger partial charge in [-0.05, 0) is 26.2 Å². The lowest BCUT2D eigenvalue weighted by Gasteiger charge is -2.12. The number of Topliss-reactive ketones (excluding diaryl/α,β-unsaturated/α-hetero) is 2. The molecule has 0 bridgehead atoms. The van der Waals surface area contributed by atoms with E-state index in [0.717, 1.165) is 12.8 Å². The first-order valence-electron chi connectivity index (χ1n) is 25.9. The van der Waals surface area contributed by atoms with Gasteiger partial charge in [0.1, 0.15) is 11.6 Å². The molecule has 0 rings (SSSR count). The minimum Gasteiger partial charge on any atom is -0.300 e. The van der Waals surface area contributed by atoms with Gasteiger partial charge in [0, 0.05) is 12.8 Å². The van der Waals surface area contributed by atoms with E-state index in [2.05, 4.69) is 104 Å². The Morgan fingerprint density at radius 1 is 0.250 bits per heavy atom. The minimum atomic E-state index is 0.202. The normalized spacial score (nSPS) is 9.39. The van der Waals surface area contributed by atoms with Crippen molar-refractivity contribution in [3.8, 4) is 0 Å². The molecule has 0 spiro atoms.